The molecular formula is C16H20N2O3. The van der Waals surface area contributed by atoms with Crippen molar-refractivity contribution in [1.82, 2.24) is 4.57 Å². The Bertz CT molecular complexity index is 674. The number of benzene rings is 1. The third-order valence-corrected chi connectivity index (χ3v) is 3.68. The third-order valence-electron chi connectivity index (χ3n) is 3.68. The molecule has 0 spiro atoms. The fourth-order valence-corrected chi connectivity index (χ4v) is 2.18. The summed E-state index contributed by atoms with van der Waals surface area (Å²) in [4.78, 5) is 12.4. The molecule has 0 unspecified atom stereocenters. The van der Waals surface area contributed by atoms with E-state index in [4.69, 9.17) is 9.47 Å². The summed E-state index contributed by atoms with van der Waals surface area (Å²) in [5.41, 5.74) is 3.24. The van der Waals surface area contributed by atoms with Crippen LogP contribution >= 0.6 is 0 Å². The van der Waals surface area contributed by atoms with Gasteiger partial charge in [-0.05, 0) is 32.0 Å². The van der Waals surface area contributed by atoms with Crippen LogP contribution in [0.3, 0.4) is 0 Å². The van der Waals surface area contributed by atoms with Crippen LogP contribution in [0.25, 0.3) is 0 Å². The first-order valence-electron chi connectivity index (χ1n) is 6.64. The molecule has 1 N–H and O–H groups in total. The predicted octanol–water partition coefficient (Wildman–Crippen LogP) is 2.91. The number of carbonyl (C=O) groups is 1. The van der Waals surface area contributed by atoms with Crippen molar-refractivity contribution < 1.29 is 14.3 Å². The first-order valence-corrected chi connectivity index (χ1v) is 6.64. The molecule has 0 aliphatic heterocycles. The van der Waals surface area contributed by atoms with Gasteiger partial charge in [0.05, 0.1) is 25.5 Å². The van der Waals surface area contributed by atoms with Gasteiger partial charge in [0.1, 0.15) is 11.5 Å². The number of amides is 1. The van der Waals surface area contributed by atoms with Gasteiger partial charge < -0.3 is 19.4 Å². The highest BCUT2D eigenvalue weighted by Gasteiger charge is 2.16. The second-order valence-corrected chi connectivity index (χ2v) is 4.86. The van der Waals surface area contributed by atoms with Crippen molar-refractivity contribution in [2.45, 2.75) is 13.8 Å². The molecule has 0 saturated carbocycles. The zero-order valence-corrected chi connectivity index (χ0v) is 13.0. The van der Waals surface area contributed by atoms with Gasteiger partial charge >= 0.3 is 0 Å². The maximum atomic E-state index is 12.4. The number of rotatable bonds is 4. The fraction of sp³-hybridized carbons (Fsp3) is 0.312. The summed E-state index contributed by atoms with van der Waals surface area (Å²) in [6.45, 7) is 3.89. The van der Waals surface area contributed by atoms with Gasteiger partial charge in [0.25, 0.3) is 5.91 Å². The maximum absolute atomic E-state index is 12.4. The molecule has 112 valence electrons. The smallest absolute Gasteiger partial charge is 0.257 e. The average Bonchev–Trinajstić information content (AvgIpc) is 2.75. The van der Waals surface area contributed by atoms with E-state index in [-0.39, 0.29) is 5.91 Å². The van der Waals surface area contributed by atoms with Crippen LogP contribution in [0.5, 0.6) is 11.5 Å². The van der Waals surface area contributed by atoms with E-state index in [2.05, 4.69) is 5.32 Å². The molecule has 1 heterocycles. The number of hydrogen-bond acceptors (Lipinski definition) is 3. The SMILES string of the molecule is COc1ccc(NC(=O)c2cc(C)n(C)c2C)c(OC)c1. The second-order valence-electron chi connectivity index (χ2n) is 4.86. The van der Waals surface area contributed by atoms with E-state index in [9.17, 15) is 4.79 Å². The molecule has 2 aromatic rings. The van der Waals surface area contributed by atoms with E-state index in [1.165, 1.54) is 0 Å². The lowest BCUT2D eigenvalue weighted by molar-refractivity contribution is 0.102. The summed E-state index contributed by atoms with van der Waals surface area (Å²) < 4.78 is 12.4. The van der Waals surface area contributed by atoms with Crippen LogP contribution in [-0.2, 0) is 7.05 Å². The van der Waals surface area contributed by atoms with Crippen molar-refractivity contribution in [1.29, 1.82) is 0 Å². The van der Waals surface area contributed by atoms with Gasteiger partial charge in [0.15, 0.2) is 0 Å². The minimum Gasteiger partial charge on any atom is -0.497 e. The van der Waals surface area contributed by atoms with Crippen LogP contribution in [0.1, 0.15) is 21.7 Å². The van der Waals surface area contributed by atoms with E-state index in [0.29, 0.717) is 22.7 Å². The third kappa shape index (κ3) is 2.86. The molecule has 5 nitrogen and oxygen atoms in total. The summed E-state index contributed by atoms with van der Waals surface area (Å²) in [6, 6.07) is 7.15. The summed E-state index contributed by atoms with van der Waals surface area (Å²) >= 11 is 0. The molecule has 0 aliphatic rings. The maximum Gasteiger partial charge on any atom is 0.257 e. The minimum atomic E-state index is -0.153. The fourth-order valence-electron chi connectivity index (χ4n) is 2.18. The van der Waals surface area contributed by atoms with E-state index >= 15 is 0 Å². The Balaban J connectivity index is 2.29. The molecule has 0 bridgehead atoms. The van der Waals surface area contributed by atoms with Crippen LogP contribution in [0.15, 0.2) is 24.3 Å². The molecule has 1 aromatic carbocycles. The quantitative estimate of drug-likeness (QED) is 0.941. The van der Waals surface area contributed by atoms with E-state index in [1.807, 2.05) is 31.5 Å². The molecule has 0 radical (unpaired) electrons. The number of aryl methyl sites for hydroxylation is 1. The first kappa shape index (κ1) is 15.0. The molecule has 0 atom stereocenters. The number of hydrogen-bond donors (Lipinski definition) is 1. The largest absolute Gasteiger partial charge is 0.497 e. The molecular weight excluding hydrogens is 268 g/mol. The zero-order chi connectivity index (χ0) is 15.6. The highest BCUT2D eigenvalue weighted by Crippen LogP contribution is 2.29. The monoisotopic (exact) mass is 288 g/mol. The van der Waals surface area contributed by atoms with Gasteiger partial charge in [0, 0.05) is 24.5 Å². The van der Waals surface area contributed by atoms with Crippen molar-refractivity contribution in [3.8, 4) is 11.5 Å². The Hall–Kier alpha value is -2.43. The minimum absolute atomic E-state index is 0.153. The molecule has 1 aromatic heterocycles. The lowest BCUT2D eigenvalue weighted by Crippen LogP contribution is -2.13. The lowest BCUT2D eigenvalue weighted by Gasteiger charge is -2.11. The second kappa shape index (κ2) is 5.91. The molecule has 0 fully saturated rings. The summed E-state index contributed by atoms with van der Waals surface area (Å²) in [5, 5.41) is 2.88. The van der Waals surface area contributed by atoms with Crippen molar-refractivity contribution in [2.75, 3.05) is 19.5 Å². The Labute approximate surface area is 124 Å². The Kier molecular flexibility index (Phi) is 4.21. The summed E-state index contributed by atoms with van der Waals surface area (Å²) in [5.74, 6) is 1.09. The van der Waals surface area contributed by atoms with Gasteiger partial charge in [-0.1, -0.05) is 0 Å². The highest BCUT2D eigenvalue weighted by atomic mass is 16.5. The van der Waals surface area contributed by atoms with E-state index < -0.39 is 0 Å². The van der Waals surface area contributed by atoms with Gasteiger partial charge in [-0.15, -0.1) is 0 Å². The molecule has 0 aliphatic carbocycles. The van der Waals surface area contributed by atoms with Gasteiger partial charge in [0.2, 0.25) is 0 Å². The predicted molar refractivity (Wildman–Crippen MR) is 82.4 cm³/mol. The lowest BCUT2D eigenvalue weighted by atomic mass is 10.2. The number of methoxy groups -OCH3 is 2. The molecule has 5 heteroatoms. The average molecular weight is 288 g/mol. The molecule has 0 saturated heterocycles. The Morgan fingerprint density at radius 1 is 1.14 bits per heavy atom. The number of nitrogens with one attached hydrogen (secondary N) is 1. The van der Waals surface area contributed by atoms with Crippen LogP contribution in [-0.4, -0.2) is 24.7 Å². The van der Waals surface area contributed by atoms with Gasteiger partial charge in [-0.3, -0.25) is 4.79 Å². The van der Waals surface area contributed by atoms with Crippen molar-refractivity contribution in [2.24, 2.45) is 7.05 Å². The Morgan fingerprint density at radius 2 is 1.86 bits per heavy atom. The number of ether oxygens (including phenoxy) is 2. The standard InChI is InChI=1S/C16H20N2O3/c1-10-8-13(11(2)18(10)3)16(19)17-14-7-6-12(20-4)9-15(14)21-5/h6-9H,1-5H3,(H,17,19). The topological polar surface area (TPSA) is 52.5 Å². The summed E-state index contributed by atoms with van der Waals surface area (Å²) in [6.07, 6.45) is 0. The van der Waals surface area contributed by atoms with Gasteiger partial charge in [-0.25, -0.2) is 0 Å². The van der Waals surface area contributed by atoms with Crippen LogP contribution in [0.4, 0.5) is 5.69 Å². The van der Waals surface area contributed by atoms with E-state index in [1.54, 1.807) is 32.4 Å². The number of carbonyl (C=O) groups excluding carboxylic acids is 1. The normalized spacial score (nSPS) is 10.3. The van der Waals surface area contributed by atoms with Crippen LogP contribution in [0.2, 0.25) is 0 Å². The van der Waals surface area contributed by atoms with Crippen molar-refractivity contribution in [3.05, 3.63) is 41.2 Å². The van der Waals surface area contributed by atoms with Crippen molar-refractivity contribution in [3.63, 3.8) is 0 Å². The van der Waals surface area contributed by atoms with E-state index in [0.717, 1.165) is 11.4 Å². The number of aromatic nitrogens is 1. The zero-order valence-electron chi connectivity index (χ0n) is 13.0. The number of anilines is 1. The molecule has 1 amide bonds. The Morgan fingerprint density at radius 3 is 2.38 bits per heavy atom. The number of nitrogens with zero attached hydrogens (tertiary/aromatic N) is 1. The summed E-state index contributed by atoms with van der Waals surface area (Å²) in [7, 11) is 5.08. The van der Waals surface area contributed by atoms with Crippen molar-refractivity contribution >= 4 is 11.6 Å². The van der Waals surface area contributed by atoms with Crippen LogP contribution in [0, 0.1) is 13.8 Å². The molecule has 21 heavy (non-hydrogen) atoms. The van der Waals surface area contributed by atoms with Crippen LogP contribution < -0.4 is 14.8 Å². The highest BCUT2D eigenvalue weighted by molar-refractivity contribution is 6.06. The van der Waals surface area contributed by atoms with Gasteiger partial charge in [-0.2, -0.15) is 0 Å². The first-order chi connectivity index (χ1) is 9.97. The molecule has 2 rings (SSSR count).